The van der Waals surface area contributed by atoms with Crippen molar-refractivity contribution in [2.75, 3.05) is 19.5 Å². The molecule has 0 unspecified atom stereocenters. The van der Waals surface area contributed by atoms with Crippen molar-refractivity contribution < 1.29 is 14.6 Å². The molecule has 0 atom stereocenters. The van der Waals surface area contributed by atoms with Crippen LogP contribution in [0.25, 0.3) is 0 Å². The molecule has 0 aliphatic heterocycles. The van der Waals surface area contributed by atoms with Gasteiger partial charge < -0.3 is 9.84 Å². The van der Waals surface area contributed by atoms with Crippen LogP contribution in [0.2, 0.25) is 0 Å². The highest BCUT2D eigenvalue weighted by Gasteiger charge is 1.88. The average molecular weight is 162 g/mol. The number of carbonyl (C=O) groups excluding carboxylic acids is 1. The number of esters is 1. The normalized spacial score (nSPS) is 10.2. The third kappa shape index (κ3) is 5.65. The number of aliphatic hydroxyl groups is 1. The molecular formula is C6H10O3S. The van der Waals surface area contributed by atoms with Crippen LogP contribution in [0.5, 0.6) is 0 Å². The van der Waals surface area contributed by atoms with Crippen LogP contribution in [0.3, 0.4) is 0 Å². The van der Waals surface area contributed by atoms with Crippen molar-refractivity contribution in [2.45, 2.75) is 0 Å². The van der Waals surface area contributed by atoms with Gasteiger partial charge in [0.25, 0.3) is 0 Å². The Kier molecular flexibility index (Phi) is 6.32. The lowest BCUT2D eigenvalue weighted by atomic mass is 10.7. The van der Waals surface area contributed by atoms with E-state index in [0.29, 0.717) is 5.75 Å². The van der Waals surface area contributed by atoms with Crippen LogP contribution in [-0.2, 0) is 9.53 Å². The van der Waals surface area contributed by atoms with Crippen molar-refractivity contribution in [1.82, 2.24) is 0 Å². The number of carbonyl (C=O) groups is 1. The lowest BCUT2D eigenvalue weighted by Crippen LogP contribution is -1.93. The second-order valence-electron chi connectivity index (χ2n) is 1.42. The van der Waals surface area contributed by atoms with Crippen molar-refractivity contribution in [3.05, 3.63) is 11.5 Å². The molecule has 0 saturated carbocycles. The molecule has 0 aliphatic rings. The molecule has 0 spiro atoms. The van der Waals surface area contributed by atoms with Gasteiger partial charge in [0.05, 0.1) is 13.7 Å². The minimum absolute atomic E-state index is 0.121. The summed E-state index contributed by atoms with van der Waals surface area (Å²) in [6.07, 6.45) is 1.32. The van der Waals surface area contributed by atoms with Crippen molar-refractivity contribution in [1.29, 1.82) is 0 Å². The Bertz CT molecular complexity index is 122. The van der Waals surface area contributed by atoms with Gasteiger partial charge in [-0.2, -0.15) is 0 Å². The van der Waals surface area contributed by atoms with E-state index in [0.717, 1.165) is 0 Å². The first-order valence-electron chi connectivity index (χ1n) is 2.78. The number of aliphatic hydroxyl groups excluding tert-OH is 1. The average Bonchev–Trinajstić information content (AvgIpc) is 1.98. The minimum Gasteiger partial charge on any atom is -0.466 e. The van der Waals surface area contributed by atoms with Crippen LogP contribution >= 0.6 is 11.8 Å². The molecule has 3 nitrogen and oxygen atoms in total. The minimum atomic E-state index is -0.370. The maximum absolute atomic E-state index is 10.4. The second-order valence-corrected chi connectivity index (χ2v) is 2.43. The molecule has 0 bridgehead atoms. The van der Waals surface area contributed by atoms with Gasteiger partial charge in [0.15, 0.2) is 0 Å². The first-order valence-corrected chi connectivity index (χ1v) is 3.83. The van der Waals surface area contributed by atoms with Crippen LogP contribution in [-0.4, -0.2) is 30.5 Å². The van der Waals surface area contributed by atoms with E-state index in [1.54, 1.807) is 5.41 Å². The summed E-state index contributed by atoms with van der Waals surface area (Å²) in [5.74, 6) is 0.235. The summed E-state index contributed by atoms with van der Waals surface area (Å²) in [7, 11) is 1.32. The fourth-order valence-electron chi connectivity index (χ4n) is 0.292. The topological polar surface area (TPSA) is 46.5 Å². The molecule has 0 saturated heterocycles. The van der Waals surface area contributed by atoms with Gasteiger partial charge in [-0.25, -0.2) is 4.79 Å². The van der Waals surface area contributed by atoms with Gasteiger partial charge in [0, 0.05) is 11.8 Å². The van der Waals surface area contributed by atoms with Crippen LogP contribution in [0.4, 0.5) is 0 Å². The number of hydrogen-bond donors (Lipinski definition) is 1. The number of hydrogen-bond acceptors (Lipinski definition) is 4. The fourth-order valence-corrected chi connectivity index (χ4v) is 0.741. The standard InChI is InChI=1S/C6H10O3S/c1-9-6(8)2-4-10-5-3-7/h2,4,7H,3,5H2,1H3. The largest absolute Gasteiger partial charge is 0.466 e. The Morgan fingerprint density at radius 1 is 1.80 bits per heavy atom. The predicted molar refractivity (Wildman–Crippen MR) is 40.7 cm³/mol. The van der Waals surface area contributed by atoms with E-state index in [4.69, 9.17) is 5.11 Å². The van der Waals surface area contributed by atoms with Crippen molar-refractivity contribution in [3.63, 3.8) is 0 Å². The Morgan fingerprint density at radius 3 is 3.00 bits per heavy atom. The highest BCUT2D eigenvalue weighted by molar-refractivity contribution is 8.02. The third-order valence-corrected chi connectivity index (χ3v) is 1.46. The summed E-state index contributed by atoms with van der Waals surface area (Å²) in [4.78, 5) is 10.4. The zero-order valence-electron chi connectivity index (χ0n) is 5.74. The second kappa shape index (κ2) is 6.64. The lowest BCUT2D eigenvalue weighted by Gasteiger charge is -1.89. The van der Waals surface area contributed by atoms with Gasteiger partial charge in [-0.15, -0.1) is 11.8 Å². The molecule has 0 radical (unpaired) electrons. The molecule has 0 aliphatic carbocycles. The molecule has 0 rings (SSSR count). The molecule has 10 heavy (non-hydrogen) atoms. The highest BCUT2D eigenvalue weighted by atomic mass is 32.2. The fraction of sp³-hybridized carbons (Fsp3) is 0.500. The van der Waals surface area contributed by atoms with Gasteiger partial charge in [0.2, 0.25) is 0 Å². The SMILES string of the molecule is COC(=O)C=CSCCO. The van der Waals surface area contributed by atoms with Crippen molar-refractivity contribution in [2.24, 2.45) is 0 Å². The molecule has 0 amide bonds. The highest BCUT2D eigenvalue weighted by Crippen LogP contribution is 1.99. The number of methoxy groups -OCH3 is 1. The summed E-state index contributed by atoms with van der Waals surface area (Å²) in [6, 6.07) is 0. The van der Waals surface area contributed by atoms with E-state index in [2.05, 4.69) is 4.74 Å². The maximum Gasteiger partial charge on any atom is 0.330 e. The van der Waals surface area contributed by atoms with Crippen LogP contribution in [0, 0.1) is 0 Å². The molecule has 4 heteroatoms. The number of thioether (sulfide) groups is 1. The molecule has 0 aromatic heterocycles. The van der Waals surface area contributed by atoms with E-state index in [9.17, 15) is 4.79 Å². The summed E-state index contributed by atoms with van der Waals surface area (Å²) in [6.45, 7) is 0.121. The van der Waals surface area contributed by atoms with E-state index in [-0.39, 0.29) is 12.6 Å². The van der Waals surface area contributed by atoms with Gasteiger partial charge in [-0.1, -0.05) is 0 Å². The summed E-state index contributed by atoms with van der Waals surface area (Å²) in [5, 5.41) is 9.92. The lowest BCUT2D eigenvalue weighted by molar-refractivity contribution is -0.134. The predicted octanol–water partition coefficient (Wildman–Crippen LogP) is 0.399. The molecule has 0 aromatic rings. The summed E-state index contributed by atoms with van der Waals surface area (Å²) < 4.78 is 4.33. The van der Waals surface area contributed by atoms with E-state index < -0.39 is 0 Å². The Labute approximate surface area is 64.1 Å². The van der Waals surface area contributed by atoms with Crippen LogP contribution in [0.15, 0.2) is 11.5 Å². The Morgan fingerprint density at radius 2 is 2.50 bits per heavy atom. The van der Waals surface area contributed by atoms with Crippen molar-refractivity contribution in [3.8, 4) is 0 Å². The molecule has 58 valence electrons. The van der Waals surface area contributed by atoms with Crippen LogP contribution < -0.4 is 0 Å². The summed E-state index contributed by atoms with van der Waals surface area (Å²) >= 11 is 1.37. The van der Waals surface area contributed by atoms with Gasteiger partial charge >= 0.3 is 5.97 Å². The molecule has 1 N–H and O–H groups in total. The van der Waals surface area contributed by atoms with E-state index in [1.165, 1.54) is 24.9 Å². The first-order chi connectivity index (χ1) is 4.81. The zero-order valence-corrected chi connectivity index (χ0v) is 6.56. The van der Waals surface area contributed by atoms with Crippen molar-refractivity contribution >= 4 is 17.7 Å². The number of ether oxygens (including phenoxy) is 1. The Hall–Kier alpha value is -0.480. The maximum atomic E-state index is 10.4. The van der Waals surface area contributed by atoms with Crippen LogP contribution in [0.1, 0.15) is 0 Å². The van der Waals surface area contributed by atoms with Gasteiger partial charge in [0.1, 0.15) is 0 Å². The van der Waals surface area contributed by atoms with Gasteiger partial charge in [-0.05, 0) is 5.41 Å². The van der Waals surface area contributed by atoms with E-state index >= 15 is 0 Å². The molecule has 0 heterocycles. The van der Waals surface area contributed by atoms with E-state index in [1.807, 2.05) is 0 Å². The quantitative estimate of drug-likeness (QED) is 0.369. The number of rotatable bonds is 4. The first kappa shape index (κ1) is 9.52. The Balaban J connectivity index is 3.27. The molecule has 0 fully saturated rings. The summed E-state index contributed by atoms with van der Waals surface area (Å²) in [5.41, 5.74) is 0. The smallest absolute Gasteiger partial charge is 0.330 e. The molecular weight excluding hydrogens is 152 g/mol. The zero-order chi connectivity index (χ0) is 7.82. The monoisotopic (exact) mass is 162 g/mol. The third-order valence-electron chi connectivity index (χ3n) is 0.711. The van der Waals surface area contributed by atoms with Gasteiger partial charge in [-0.3, -0.25) is 0 Å². The molecule has 0 aromatic carbocycles.